The molecule has 0 radical (unpaired) electrons. The number of carbonyl (C=O) groups is 1. The Balaban J connectivity index is 1.72. The number of nitrogens with one attached hydrogen (secondary N) is 1. The topological polar surface area (TPSA) is 109 Å². The van der Waals surface area contributed by atoms with E-state index in [1.807, 2.05) is 38.4 Å². The third-order valence-electron chi connectivity index (χ3n) is 7.42. The lowest BCUT2D eigenvalue weighted by Crippen LogP contribution is -2.26. The maximum atomic E-state index is 13.1. The first-order chi connectivity index (χ1) is 18.8. The molecule has 0 spiro atoms. The highest BCUT2D eigenvalue weighted by Crippen LogP contribution is 2.45. The molecule has 1 aliphatic carbocycles. The third-order valence-corrected chi connectivity index (χ3v) is 7.42. The molecule has 4 aromatic rings. The van der Waals surface area contributed by atoms with Crippen molar-refractivity contribution in [3.63, 3.8) is 0 Å². The number of aromatic amines is 1. The zero-order chi connectivity index (χ0) is 27.5. The molecular formula is C29H36N6O4. The van der Waals surface area contributed by atoms with Gasteiger partial charge in [-0.25, -0.2) is 9.78 Å². The van der Waals surface area contributed by atoms with Crippen LogP contribution in [-0.4, -0.2) is 76.7 Å². The van der Waals surface area contributed by atoms with Gasteiger partial charge in [-0.1, -0.05) is 36.6 Å². The lowest BCUT2D eigenvalue weighted by molar-refractivity contribution is -0.129. The van der Waals surface area contributed by atoms with Crippen LogP contribution in [0.25, 0.3) is 33.5 Å². The van der Waals surface area contributed by atoms with Crippen LogP contribution in [0.1, 0.15) is 43.6 Å². The molecule has 1 N–H and O–H groups in total. The number of aromatic nitrogens is 4. The normalized spacial score (nSPS) is 14.3. The third kappa shape index (κ3) is 5.75. The van der Waals surface area contributed by atoms with E-state index in [4.69, 9.17) is 9.26 Å². The van der Waals surface area contributed by atoms with Crippen LogP contribution in [0.4, 0.5) is 0 Å². The number of hydrogen-bond acceptors (Lipinski definition) is 7. The summed E-state index contributed by atoms with van der Waals surface area (Å²) in [5, 5.41) is 4.99. The molecule has 1 fully saturated rings. The van der Waals surface area contributed by atoms with Gasteiger partial charge in [-0.05, 0) is 50.6 Å². The minimum absolute atomic E-state index is 0.0138. The summed E-state index contributed by atoms with van der Waals surface area (Å²) >= 11 is 0. The summed E-state index contributed by atoms with van der Waals surface area (Å²) in [4.78, 5) is 35.6. The molecule has 3 heterocycles. The number of H-pyrrole nitrogens is 1. The Bertz CT molecular complexity index is 1510. The van der Waals surface area contributed by atoms with Gasteiger partial charge < -0.3 is 19.1 Å². The molecule has 3 aromatic heterocycles. The molecule has 0 bridgehead atoms. The molecule has 1 amide bonds. The molecule has 5 rings (SSSR count). The number of fused-ring (bicyclic) bond motifs is 1. The van der Waals surface area contributed by atoms with Crippen LogP contribution in [0.2, 0.25) is 0 Å². The summed E-state index contributed by atoms with van der Waals surface area (Å²) in [5.41, 5.74) is 4.85. The number of pyridine rings is 1. The SMILES string of the molecule is CN(C)CCOc1cc(-c2c(C3CCCCC3)c3ccc(-c4noc(=O)[nH]4)cc3n2CC(=O)N(C)C)ccn1. The molecule has 0 saturated heterocycles. The lowest BCUT2D eigenvalue weighted by Gasteiger charge is -2.24. The zero-order valence-corrected chi connectivity index (χ0v) is 23.1. The van der Waals surface area contributed by atoms with E-state index in [1.165, 1.54) is 24.8 Å². The van der Waals surface area contributed by atoms with E-state index in [2.05, 4.69) is 30.7 Å². The monoisotopic (exact) mass is 532 g/mol. The van der Waals surface area contributed by atoms with Crippen molar-refractivity contribution in [3.8, 4) is 28.5 Å². The number of likely N-dealkylation sites (N-methyl/N-ethyl adjacent to an activating group) is 2. The molecule has 1 aliphatic rings. The van der Waals surface area contributed by atoms with Crippen LogP contribution in [0.5, 0.6) is 5.88 Å². The molecule has 206 valence electrons. The van der Waals surface area contributed by atoms with Gasteiger partial charge in [0.2, 0.25) is 11.8 Å². The molecule has 0 atom stereocenters. The van der Waals surface area contributed by atoms with Gasteiger partial charge in [0.05, 0.1) is 11.2 Å². The van der Waals surface area contributed by atoms with Gasteiger partial charge in [-0.3, -0.25) is 14.3 Å². The van der Waals surface area contributed by atoms with Gasteiger partial charge in [0.25, 0.3) is 0 Å². The molecule has 0 unspecified atom stereocenters. The van der Waals surface area contributed by atoms with Gasteiger partial charge in [0, 0.05) is 49.4 Å². The van der Waals surface area contributed by atoms with Crippen LogP contribution in [-0.2, 0) is 11.3 Å². The van der Waals surface area contributed by atoms with E-state index in [1.54, 1.807) is 25.2 Å². The molecule has 1 saturated carbocycles. The quantitative estimate of drug-likeness (QED) is 0.345. The number of ether oxygens (including phenoxy) is 1. The number of hydrogen-bond donors (Lipinski definition) is 1. The molecule has 0 aliphatic heterocycles. The average molecular weight is 533 g/mol. The minimum Gasteiger partial charge on any atom is -0.476 e. The number of carbonyl (C=O) groups excluding carboxylic acids is 1. The maximum absolute atomic E-state index is 13.1. The number of amides is 1. The standard InChI is InChI=1S/C29H36N6O4/c1-33(2)14-15-38-24-17-20(12-13-30-24)27-26(19-8-6-5-7-9-19)22-11-10-21(28-31-29(37)39-32-28)16-23(22)35(27)18-25(36)34(3)4/h10-13,16-17,19H,5-9,14-15,18H2,1-4H3,(H,31,32,37). The summed E-state index contributed by atoms with van der Waals surface area (Å²) in [6.07, 6.45) is 7.58. The summed E-state index contributed by atoms with van der Waals surface area (Å²) in [6, 6.07) is 9.98. The first-order valence-electron chi connectivity index (χ1n) is 13.5. The zero-order valence-electron chi connectivity index (χ0n) is 23.1. The van der Waals surface area contributed by atoms with E-state index in [0.29, 0.717) is 29.8 Å². The molecule has 10 nitrogen and oxygen atoms in total. The van der Waals surface area contributed by atoms with E-state index >= 15 is 0 Å². The van der Waals surface area contributed by atoms with Crippen LogP contribution in [0.15, 0.2) is 45.8 Å². The van der Waals surface area contributed by atoms with Gasteiger partial charge >= 0.3 is 5.76 Å². The average Bonchev–Trinajstić information content (AvgIpc) is 3.50. The molecular weight excluding hydrogens is 496 g/mol. The lowest BCUT2D eigenvalue weighted by atomic mass is 9.82. The van der Waals surface area contributed by atoms with Crippen molar-refractivity contribution < 1.29 is 14.1 Å². The Labute approximate surface area is 227 Å². The van der Waals surface area contributed by atoms with Crippen molar-refractivity contribution in [1.82, 2.24) is 29.5 Å². The van der Waals surface area contributed by atoms with Gasteiger partial charge in [-0.15, -0.1) is 0 Å². The Morgan fingerprint density at radius 2 is 1.90 bits per heavy atom. The molecule has 1 aromatic carbocycles. The Kier molecular flexibility index (Phi) is 7.83. The van der Waals surface area contributed by atoms with Crippen molar-refractivity contribution in [2.45, 2.75) is 44.6 Å². The minimum atomic E-state index is -0.606. The van der Waals surface area contributed by atoms with E-state index < -0.39 is 5.76 Å². The fourth-order valence-electron chi connectivity index (χ4n) is 5.40. The predicted molar refractivity (Wildman–Crippen MR) is 150 cm³/mol. The van der Waals surface area contributed by atoms with E-state index in [-0.39, 0.29) is 12.5 Å². The summed E-state index contributed by atoms with van der Waals surface area (Å²) in [5.74, 6) is 0.664. The highest BCUT2D eigenvalue weighted by Gasteiger charge is 2.28. The summed E-state index contributed by atoms with van der Waals surface area (Å²) < 4.78 is 12.8. The summed E-state index contributed by atoms with van der Waals surface area (Å²) in [7, 11) is 7.55. The maximum Gasteiger partial charge on any atom is 0.439 e. The van der Waals surface area contributed by atoms with Crippen LogP contribution in [0, 0.1) is 0 Å². The Morgan fingerprint density at radius 1 is 1.10 bits per heavy atom. The second kappa shape index (κ2) is 11.4. The highest BCUT2D eigenvalue weighted by molar-refractivity contribution is 5.96. The van der Waals surface area contributed by atoms with Crippen molar-refractivity contribution in [1.29, 1.82) is 0 Å². The highest BCUT2D eigenvalue weighted by atomic mass is 16.5. The number of nitrogens with zero attached hydrogens (tertiary/aromatic N) is 5. The largest absolute Gasteiger partial charge is 0.476 e. The summed E-state index contributed by atoms with van der Waals surface area (Å²) in [6.45, 7) is 1.48. The van der Waals surface area contributed by atoms with E-state index in [0.717, 1.165) is 41.5 Å². The Hall–Kier alpha value is -3.92. The fourth-order valence-corrected chi connectivity index (χ4v) is 5.40. The van der Waals surface area contributed by atoms with Gasteiger partial charge in [0.15, 0.2) is 5.82 Å². The van der Waals surface area contributed by atoms with Crippen molar-refractivity contribution in [2.75, 3.05) is 41.3 Å². The predicted octanol–water partition coefficient (Wildman–Crippen LogP) is 4.12. The smallest absolute Gasteiger partial charge is 0.439 e. The first kappa shape index (κ1) is 26.7. The van der Waals surface area contributed by atoms with Crippen LogP contribution < -0.4 is 10.5 Å². The Morgan fingerprint density at radius 3 is 2.59 bits per heavy atom. The second-order valence-electron chi connectivity index (χ2n) is 10.7. The van der Waals surface area contributed by atoms with Crippen LogP contribution in [0.3, 0.4) is 0 Å². The molecule has 39 heavy (non-hydrogen) atoms. The number of benzene rings is 1. The van der Waals surface area contributed by atoms with Crippen molar-refractivity contribution >= 4 is 16.8 Å². The van der Waals surface area contributed by atoms with Gasteiger partial charge in [0.1, 0.15) is 13.2 Å². The fraction of sp³-hybridized carbons (Fsp3) is 0.448. The van der Waals surface area contributed by atoms with Gasteiger partial charge in [-0.2, -0.15) is 0 Å². The molecule has 10 heteroatoms. The first-order valence-corrected chi connectivity index (χ1v) is 13.5. The van der Waals surface area contributed by atoms with Crippen molar-refractivity contribution in [2.24, 2.45) is 0 Å². The van der Waals surface area contributed by atoms with Crippen molar-refractivity contribution in [3.05, 3.63) is 52.6 Å². The van der Waals surface area contributed by atoms with E-state index in [9.17, 15) is 9.59 Å². The number of rotatable bonds is 9. The van der Waals surface area contributed by atoms with Crippen LogP contribution >= 0.6 is 0 Å². The second-order valence-corrected chi connectivity index (χ2v) is 10.7.